The van der Waals surface area contributed by atoms with Gasteiger partial charge in [0.15, 0.2) is 17.5 Å². The zero-order chi connectivity index (χ0) is 64.0. The molecule has 0 bridgehead atoms. The van der Waals surface area contributed by atoms with E-state index in [1.165, 1.54) is 66.1 Å². The Morgan fingerprint density at radius 2 is 0.545 bits per heavy atom. The lowest BCUT2D eigenvalue weighted by Crippen LogP contribution is -2.17. The van der Waals surface area contributed by atoms with Gasteiger partial charge in [-0.2, -0.15) is 0 Å². The number of pyridine rings is 1. The van der Waals surface area contributed by atoms with Gasteiger partial charge in [0, 0.05) is 55.6 Å². The number of hydrogen-bond donors (Lipinski definition) is 0. The predicted octanol–water partition coefficient (Wildman–Crippen LogP) is 22.5. The van der Waals surface area contributed by atoms with Crippen molar-refractivity contribution in [2.75, 3.05) is 0 Å². The fourth-order valence-corrected chi connectivity index (χ4v) is 12.3. The molecule has 0 radical (unpaired) electrons. The molecule has 7 aromatic carbocycles. The molecular weight excluding hydrogens is 1070 g/mol. The molecule has 0 atom stereocenters. The van der Waals surface area contributed by atoms with Crippen molar-refractivity contribution < 1.29 is 0 Å². The van der Waals surface area contributed by atoms with E-state index < -0.39 is 0 Å². The quantitative estimate of drug-likeness (QED) is 0.166. The van der Waals surface area contributed by atoms with Gasteiger partial charge in [-0.25, -0.2) is 15.0 Å². The lowest BCUT2D eigenvalue weighted by Gasteiger charge is -2.26. The standard InChI is InChI=1S/C82H96N6/c1-75(2,3)52-26-31-67-62(44-52)63-45-53(76(4,5)6)27-32-68(63)87(67)66-30-25-49(41-61(66)60-35-36-83-48-71(60)88-69-33-28-54(77(7,8)9)46-64(69)65-47-55(78(10,11)12)29-34-70(65)88)72-84-73(50-37-56(79(13,14)15)42-57(38-50)80(16,17)18)86-74(85-72)51-39-58(81(19,20)21)43-59(40-51)82(22,23)24/h25-48H,1-24H3. The zero-order valence-electron chi connectivity index (χ0n) is 57.5. The van der Waals surface area contributed by atoms with Gasteiger partial charge in [-0.15, -0.1) is 0 Å². The molecule has 4 aromatic heterocycles. The maximum absolute atomic E-state index is 5.64. The summed E-state index contributed by atoms with van der Waals surface area (Å²) >= 11 is 0. The fraction of sp³-hybridized carbons (Fsp3) is 0.390. The summed E-state index contributed by atoms with van der Waals surface area (Å²) in [7, 11) is 0. The monoisotopic (exact) mass is 1160 g/mol. The SMILES string of the molecule is CC(C)(C)c1cc(-c2nc(-c3cc(C(C)(C)C)cc(C(C)(C)C)c3)nc(-c3ccc(-n4c5ccc(C(C)(C)C)cc5c5cc(C(C)(C)C)ccc54)c(-c4ccncc4-n4c5ccc(C(C)(C)C)cc5c5cc(C(C)(C)C)ccc54)c3)n2)cc(C(C)(C)C)c1. The minimum absolute atomic E-state index is 0.0496. The summed E-state index contributed by atoms with van der Waals surface area (Å²) in [6.07, 6.45) is 4.03. The molecule has 0 aliphatic carbocycles. The Labute approximate surface area is 526 Å². The van der Waals surface area contributed by atoms with Crippen LogP contribution in [-0.4, -0.2) is 29.1 Å². The van der Waals surface area contributed by atoms with Crippen LogP contribution in [0.25, 0.3) is 100 Å². The van der Waals surface area contributed by atoms with E-state index >= 15 is 0 Å². The van der Waals surface area contributed by atoms with Gasteiger partial charge >= 0.3 is 0 Å². The van der Waals surface area contributed by atoms with Gasteiger partial charge in [-0.1, -0.05) is 203 Å². The first kappa shape index (κ1) is 61.9. The first-order chi connectivity index (χ1) is 40.6. The van der Waals surface area contributed by atoms with Crippen molar-refractivity contribution in [1.82, 2.24) is 29.1 Å². The van der Waals surface area contributed by atoms with Gasteiger partial charge in [0.2, 0.25) is 0 Å². The van der Waals surface area contributed by atoms with Crippen LogP contribution in [-0.2, 0) is 43.3 Å². The summed E-state index contributed by atoms with van der Waals surface area (Å²) in [5.41, 5.74) is 20.9. The maximum Gasteiger partial charge on any atom is 0.164 e. The highest BCUT2D eigenvalue weighted by atomic mass is 15.0. The van der Waals surface area contributed by atoms with Crippen molar-refractivity contribution in [3.8, 4) is 56.7 Å². The Morgan fingerprint density at radius 1 is 0.250 bits per heavy atom. The number of hydrogen-bond acceptors (Lipinski definition) is 4. The highest BCUT2D eigenvalue weighted by Gasteiger charge is 2.29. The summed E-state index contributed by atoms with van der Waals surface area (Å²) in [6.45, 7) is 55.2. The second-order valence-corrected chi connectivity index (χ2v) is 33.6. The number of fused-ring (bicyclic) bond motifs is 6. The Morgan fingerprint density at radius 3 is 0.852 bits per heavy atom. The van der Waals surface area contributed by atoms with Crippen LogP contribution in [0, 0.1) is 0 Å². The maximum atomic E-state index is 5.64. The van der Waals surface area contributed by atoms with E-state index in [9.17, 15) is 0 Å². The summed E-state index contributed by atoms with van der Waals surface area (Å²) in [5.74, 6) is 1.89. The summed E-state index contributed by atoms with van der Waals surface area (Å²) in [6, 6.07) is 51.5. The molecule has 88 heavy (non-hydrogen) atoms. The highest BCUT2D eigenvalue weighted by molar-refractivity contribution is 6.12. The Bertz CT molecular complexity index is 4250. The molecule has 454 valence electrons. The molecule has 0 N–H and O–H groups in total. The van der Waals surface area contributed by atoms with Crippen LogP contribution in [0.5, 0.6) is 0 Å². The molecule has 11 aromatic rings. The topological polar surface area (TPSA) is 61.4 Å². The lowest BCUT2D eigenvalue weighted by molar-refractivity contribution is 0.568. The Hall–Kier alpha value is -7.70. The number of rotatable bonds is 6. The van der Waals surface area contributed by atoms with E-state index in [1.807, 2.05) is 6.20 Å². The van der Waals surface area contributed by atoms with E-state index in [4.69, 9.17) is 19.9 Å². The molecule has 0 aliphatic rings. The zero-order valence-corrected chi connectivity index (χ0v) is 57.5. The molecule has 0 amide bonds. The highest BCUT2D eigenvalue weighted by Crippen LogP contribution is 2.46. The molecule has 0 spiro atoms. The lowest BCUT2D eigenvalue weighted by atomic mass is 9.79. The molecule has 0 aliphatic heterocycles. The van der Waals surface area contributed by atoms with Crippen LogP contribution in [0.4, 0.5) is 0 Å². The molecule has 0 saturated carbocycles. The second kappa shape index (κ2) is 21.0. The predicted molar refractivity (Wildman–Crippen MR) is 378 cm³/mol. The van der Waals surface area contributed by atoms with E-state index in [-0.39, 0.29) is 43.3 Å². The third kappa shape index (κ3) is 11.7. The van der Waals surface area contributed by atoms with Gasteiger partial charge < -0.3 is 9.13 Å². The van der Waals surface area contributed by atoms with Crippen molar-refractivity contribution >= 4 is 43.6 Å². The van der Waals surface area contributed by atoms with Crippen LogP contribution in [0.1, 0.15) is 211 Å². The number of benzene rings is 7. The molecule has 4 heterocycles. The average molecular weight is 1170 g/mol. The first-order valence-corrected chi connectivity index (χ1v) is 32.0. The Balaban J connectivity index is 1.28. The van der Waals surface area contributed by atoms with Crippen LogP contribution in [0.2, 0.25) is 0 Å². The molecule has 0 saturated heterocycles. The summed E-state index contributed by atoms with van der Waals surface area (Å²) < 4.78 is 4.97. The number of nitrogens with zero attached hydrogens (tertiary/aromatic N) is 6. The van der Waals surface area contributed by atoms with Crippen LogP contribution < -0.4 is 0 Å². The normalized spacial score (nSPS) is 13.5. The van der Waals surface area contributed by atoms with Gasteiger partial charge in [0.05, 0.1) is 39.6 Å². The Kier molecular flexibility index (Phi) is 14.8. The van der Waals surface area contributed by atoms with E-state index in [1.54, 1.807) is 0 Å². The van der Waals surface area contributed by atoms with Gasteiger partial charge in [-0.3, -0.25) is 4.98 Å². The summed E-state index contributed by atoms with van der Waals surface area (Å²) in [4.78, 5) is 21.9. The van der Waals surface area contributed by atoms with Gasteiger partial charge in [-0.05, 0) is 185 Å². The van der Waals surface area contributed by atoms with Crippen molar-refractivity contribution in [3.63, 3.8) is 0 Å². The third-order valence-corrected chi connectivity index (χ3v) is 18.3. The van der Waals surface area contributed by atoms with Crippen molar-refractivity contribution in [1.29, 1.82) is 0 Å². The van der Waals surface area contributed by atoms with Crippen LogP contribution in [0.3, 0.4) is 0 Å². The van der Waals surface area contributed by atoms with Crippen molar-refractivity contribution in [2.24, 2.45) is 0 Å². The van der Waals surface area contributed by atoms with Gasteiger partial charge in [0.1, 0.15) is 0 Å². The molecule has 11 rings (SSSR count). The molecule has 0 fully saturated rings. The van der Waals surface area contributed by atoms with Crippen molar-refractivity contribution in [3.05, 3.63) is 190 Å². The molecule has 0 unspecified atom stereocenters. The first-order valence-electron chi connectivity index (χ1n) is 32.0. The average Bonchev–Trinajstić information content (AvgIpc) is 1.65. The molecule has 6 nitrogen and oxygen atoms in total. The van der Waals surface area contributed by atoms with Crippen LogP contribution in [0.15, 0.2) is 146 Å². The van der Waals surface area contributed by atoms with E-state index in [0.29, 0.717) is 17.5 Å². The minimum Gasteiger partial charge on any atom is -0.309 e. The minimum atomic E-state index is -0.125. The number of aromatic nitrogens is 6. The summed E-state index contributed by atoms with van der Waals surface area (Å²) in [5, 5.41) is 4.92. The van der Waals surface area contributed by atoms with E-state index in [2.05, 4.69) is 315 Å². The van der Waals surface area contributed by atoms with E-state index in [0.717, 1.165) is 61.3 Å². The molecular formula is C82H96N6. The van der Waals surface area contributed by atoms with Gasteiger partial charge in [0.25, 0.3) is 0 Å². The third-order valence-electron chi connectivity index (χ3n) is 18.3. The molecule has 6 heteroatoms. The van der Waals surface area contributed by atoms with Crippen LogP contribution >= 0.6 is 0 Å². The van der Waals surface area contributed by atoms with Crippen molar-refractivity contribution in [2.45, 2.75) is 209 Å². The largest absolute Gasteiger partial charge is 0.309 e. The smallest absolute Gasteiger partial charge is 0.164 e. The fourth-order valence-electron chi connectivity index (χ4n) is 12.3. The second-order valence-electron chi connectivity index (χ2n) is 33.6.